The maximum absolute atomic E-state index is 12.7. The van der Waals surface area contributed by atoms with Crippen LogP contribution in [0.15, 0.2) is 37.9 Å². The number of carbonyl (C=O) groups is 1. The Hall–Kier alpha value is -2.39. The molecule has 0 saturated carbocycles. The molecule has 1 N–H and O–H groups in total. The van der Waals surface area contributed by atoms with Gasteiger partial charge in [0.1, 0.15) is 10.8 Å². The molecule has 146 valence electrons. The average Bonchev–Trinajstić information content (AvgIpc) is 3.34. The van der Waals surface area contributed by atoms with Crippen molar-refractivity contribution in [3.05, 3.63) is 56.0 Å². The fourth-order valence-electron chi connectivity index (χ4n) is 3.33. The van der Waals surface area contributed by atoms with Crippen molar-refractivity contribution in [2.45, 2.75) is 44.2 Å². The molecule has 0 bridgehead atoms. The van der Waals surface area contributed by atoms with E-state index in [2.05, 4.69) is 15.5 Å². The van der Waals surface area contributed by atoms with Gasteiger partial charge in [-0.1, -0.05) is 23.0 Å². The van der Waals surface area contributed by atoms with Crippen molar-refractivity contribution in [3.63, 3.8) is 0 Å². The monoisotopic (exact) mass is 416 g/mol. The van der Waals surface area contributed by atoms with Crippen LogP contribution in [0.25, 0.3) is 0 Å². The number of anilines is 1. The molecule has 9 heteroatoms. The van der Waals surface area contributed by atoms with Crippen LogP contribution in [-0.4, -0.2) is 26.4 Å². The molecule has 0 spiro atoms. The lowest BCUT2D eigenvalue weighted by Crippen LogP contribution is -2.30. The van der Waals surface area contributed by atoms with E-state index in [-0.39, 0.29) is 17.3 Å². The molecule has 0 radical (unpaired) electrons. The second-order valence-electron chi connectivity index (χ2n) is 6.66. The van der Waals surface area contributed by atoms with Gasteiger partial charge in [0.2, 0.25) is 5.91 Å². The van der Waals surface area contributed by atoms with Crippen LogP contribution in [0.1, 0.15) is 34.7 Å². The summed E-state index contributed by atoms with van der Waals surface area (Å²) in [6.07, 6.45) is 3.90. The van der Waals surface area contributed by atoms with E-state index in [0.29, 0.717) is 23.1 Å². The Morgan fingerprint density at radius 2 is 2.25 bits per heavy atom. The van der Waals surface area contributed by atoms with Gasteiger partial charge in [-0.25, -0.2) is 4.79 Å². The van der Waals surface area contributed by atoms with Gasteiger partial charge in [0, 0.05) is 22.2 Å². The third kappa shape index (κ3) is 4.20. The van der Waals surface area contributed by atoms with Crippen molar-refractivity contribution in [2.75, 3.05) is 11.1 Å². The minimum Gasteiger partial charge on any atom is -0.360 e. The number of rotatable bonds is 6. The Kier molecular flexibility index (Phi) is 5.63. The van der Waals surface area contributed by atoms with Gasteiger partial charge >= 0.3 is 5.69 Å². The number of carbonyl (C=O) groups excluding carboxylic acids is 1. The standard InChI is InChI=1S/C19H20N4O3S2/c1-12-9-16(22-26-12)20-17(24)11-28-18-14-6-2-3-7-15(14)23(19(25)21-18)10-13-5-4-8-27-13/h4-5,8-9H,2-3,6-7,10-11H2,1H3,(H,20,22,24). The summed E-state index contributed by atoms with van der Waals surface area (Å²) in [5.74, 6) is 0.990. The Balaban J connectivity index is 1.53. The smallest absolute Gasteiger partial charge is 0.349 e. The van der Waals surface area contributed by atoms with Gasteiger partial charge in [-0.15, -0.1) is 11.3 Å². The Bertz CT molecular complexity index is 1040. The molecule has 0 atom stereocenters. The number of fused-ring (bicyclic) bond motifs is 1. The van der Waals surface area contributed by atoms with Crippen LogP contribution < -0.4 is 11.0 Å². The summed E-state index contributed by atoms with van der Waals surface area (Å²) in [5.41, 5.74) is 1.93. The summed E-state index contributed by atoms with van der Waals surface area (Å²) < 4.78 is 6.74. The van der Waals surface area contributed by atoms with E-state index >= 15 is 0 Å². The molecule has 0 unspecified atom stereocenters. The van der Waals surface area contributed by atoms with Crippen molar-refractivity contribution in [1.82, 2.24) is 14.7 Å². The maximum atomic E-state index is 12.7. The first-order chi connectivity index (χ1) is 13.6. The number of thiophene rings is 1. The summed E-state index contributed by atoms with van der Waals surface area (Å²) >= 11 is 2.95. The van der Waals surface area contributed by atoms with Gasteiger partial charge in [0.25, 0.3) is 0 Å². The normalized spacial score (nSPS) is 13.3. The van der Waals surface area contributed by atoms with Crippen LogP contribution in [0.4, 0.5) is 5.82 Å². The van der Waals surface area contributed by atoms with Crippen molar-refractivity contribution >= 4 is 34.8 Å². The SMILES string of the molecule is Cc1cc(NC(=O)CSc2nc(=O)n(Cc3cccs3)c3c2CCCC3)no1. The van der Waals surface area contributed by atoms with Crippen LogP contribution in [0, 0.1) is 6.92 Å². The zero-order valence-electron chi connectivity index (χ0n) is 15.4. The van der Waals surface area contributed by atoms with E-state index in [4.69, 9.17) is 4.52 Å². The van der Waals surface area contributed by atoms with Gasteiger partial charge in [0.15, 0.2) is 5.82 Å². The van der Waals surface area contributed by atoms with Crippen LogP contribution in [0.2, 0.25) is 0 Å². The van der Waals surface area contributed by atoms with Crippen molar-refractivity contribution in [1.29, 1.82) is 0 Å². The number of aromatic nitrogens is 3. The molecule has 7 nitrogen and oxygen atoms in total. The third-order valence-corrected chi connectivity index (χ3v) is 6.46. The van der Waals surface area contributed by atoms with E-state index < -0.39 is 0 Å². The highest BCUT2D eigenvalue weighted by molar-refractivity contribution is 8.00. The molecule has 3 aromatic rings. The first kappa shape index (κ1) is 18.9. The van der Waals surface area contributed by atoms with Crippen LogP contribution in [-0.2, 0) is 24.2 Å². The van der Waals surface area contributed by atoms with Gasteiger partial charge < -0.3 is 9.84 Å². The second kappa shape index (κ2) is 8.32. The highest BCUT2D eigenvalue weighted by atomic mass is 32.2. The molecule has 0 fully saturated rings. The van der Waals surface area contributed by atoms with Crippen LogP contribution in [0.5, 0.6) is 0 Å². The number of hydrogen-bond acceptors (Lipinski definition) is 7. The zero-order chi connectivity index (χ0) is 19.5. The fourth-order valence-corrected chi connectivity index (χ4v) is 4.90. The van der Waals surface area contributed by atoms with E-state index in [1.54, 1.807) is 28.9 Å². The minimum absolute atomic E-state index is 0.166. The van der Waals surface area contributed by atoms with E-state index in [9.17, 15) is 9.59 Å². The average molecular weight is 417 g/mol. The summed E-state index contributed by atoms with van der Waals surface area (Å²) in [6, 6.07) is 5.68. The number of aryl methyl sites for hydroxylation is 1. The number of amides is 1. The Morgan fingerprint density at radius 1 is 1.39 bits per heavy atom. The van der Waals surface area contributed by atoms with Crippen molar-refractivity contribution < 1.29 is 9.32 Å². The molecule has 1 amide bonds. The second-order valence-corrected chi connectivity index (χ2v) is 8.65. The van der Waals surface area contributed by atoms with Gasteiger partial charge in [0.05, 0.1) is 12.3 Å². The molecule has 0 saturated heterocycles. The van der Waals surface area contributed by atoms with Crippen molar-refractivity contribution in [2.24, 2.45) is 0 Å². The Morgan fingerprint density at radius 3 is 3.00 bits per heavy atom. The van der Waals surface area contributed by atoms with Gasteiger partial charge in [-0.05, 0) is 44.1 Å². The Labute approximate surface area is 170 Å². The lowest BCUT2D eigenvalue weighted by Gasteiger charge is -2.22. The molecule has 1 aliphatic rings. The number of thioether (sulfide) groups is 1. The maximum Gasteiger partial charge on any atom is 0.349 e. The topological polar surface area (TPSA) is 90.0 Å². The summed E-state index contributed by atoms with van der Waals surface area (Å²) in [7, 11) is 0. The molecular weight excluding hydrogens is 396 g/mol. The van der Waals surface area contributed by atoms with Crippen LogP contribution >= 0.6 is 23.1 Å². The van der Waals surface area contributed by atoms with E-state index in [1.807, 2.05) is 17.5 Å². The molecule has 1 aliphatic carbocycles. The molecule has 0 aromatic carbocycles. The summed E-state index contributed by atoms with van der Waals surface area (Å²) in [4.78, 5) is 30.3. The first-order valence-electron chi connectivity index (χ1n) is 9.11. The quantitative estimate of drug-likeness (QED) is 0.490. The summed E-state index contributed by atoms with van der Waals surface area (Å²) in [5, 5.41) is 9.14. The number of nitrogens with zero attached hydrogens (tertiary/aromatic N) is 3. The lowest BCUT2D eigenvalue weighted by molar-refractivity contribution is -0.113. The van der Waals surface area contributed by atoms with E-state index in [0.717, 1.165) is 41.8 Å². The summed E-state index contributed by atoms with van der Waals surface area (Å²) in [6.45, 7) is 2.32. The van der Waals surface area contributed by atoms with Gasteiger partial charge in [-0.2, -0.15) is 4.98 Å². The largest absolute Gasteiger partial charge is 0.360 e. The van der Waals surface area contributed by atoms with Crippen molar-refractivity contribution in [3.8, 4) is 0 Å². The number of hydrogen-bond donors (Lipinski definition) is 1. The molecular formula is C19H20N4O3S2. The molecule has 3 aromatic heterocycles. The van der Waals surface area contributed by atoms with Crippen LogP contribution in [0.3, 0.4) is 0 Å². The van der Waals surface area contributed by atoms with Gasteiger partial charge in [-0.3, -0.25) is 9.36 Å². The predicted octanol–water partition coefficient (Wildman–Crippen LogP) is 3.26. The minimum atomic E-state index is -0.246. The zero-order valence-corrected chi connectivity index (χ0v) is 17.1. The molecule has 3 heterocycles. The molecule has 28 heavy (non-hydrogen) atoms. The highest BCUT2D eigenvalue weighted by Crippen LogP contribution is 2.29. The fraction of sp³-hybridized carbons (Fsp3) is 0.368. The predicted molar refractivity (Wildman–Crippen MR) is 109 cm³/mol. The molecule has 4 rings (SSSR count). The third-order valence-electron chi connectivity index (χ3n) is 4.58. The van der Waals surface area contributed by atoms with E-state index in [1.165, 1.54) is 11.8 Å². The molecule has 0 aliphatic heterocycles. The lowest BCUT2D eigenvalue weighted by atomic mass is 9.97. The first-order valence-corrected chi connectivity index (χ1v) is 11.0. The highest BCUT2D eigenvalue weighted by Gasteiger charge is 2.21. The number of nitrogens with one attached hydrogen (secondary N) is 1.